The second kappa shape index (κ2) is 32.2. The number of fused-ring (bicyclic) bond motifs is 2. The highest BCUT2D eigenvalue weighted by molar-refractivity contribution is 6.31. The van der Waals surface area contributed by atoms with E-state index < -0.39 is 11.7 Å². The molecule has 6 N–H and O–H groups in total. The summed E-state index contributed by atoms with van der Waals surface area (Å²) in [6.45, 7) is 30.7. The molecular formula is C65H111ClF3N11. The van der Waals surface area contributed by atoms with Crippen molar-refractivity contribution in [1.82, 2.24) is 51.5 Å². The Bertz CT molecular complexity index is 2150. The Labute approximate surface area is 489 Å². The van der Waals surface area contributed by atoms with Gasteiger partial charge < -0.3 is 46.6 Å². The Morgan fingerprint density at radius 3 is 2.29 bits per heavy atom. The van der Waals surface area contributed by atoms with Crippen molar-refractivity contribution in [2.45, 2.75) is 238 Å². The Morgan fingerprint density at radius 1 is 0.863 bits per heavy atom. The van der Waals surface area contributed by atoms with Crippen molar-refractivity contribution in [3.8, 4) is 0 Å². The molecule has 0 radical (unpaired) electrons. The third-order valence-electron chi connectivity index (χ3n) is 19.2. The van der Waals surface area contributed by atoms with Crippen molar-refractivity contribution < 1.29 is 13.2 Å². The number of allylic oxidation sites excluding steroid dienone is 3. The van der Waals surface area contributed by atoms with Gasteiger partial charge in [0.2, 0.25) is 0 Å². The number of rotatable bonds is 10. The molecule has 0 bridgehead atoms. The van der Waals surface area contributed by atoms with Gasteiger partial charge >= 0.3 is 6.18 Å². The van der Waals surface area contributed by atoms with Gasteiger partial charge in [0.05, 0.1) is 10.6 Å². The summed E-state index contributed by atoms with van der Waals surface area (Å²) in [4.78, 5) is 15.0. The summed E-state index contributed by atoms with van der Waals surface area (Å²) >= 11 is 6.17. The molecule has 3 heterocycles. The fourth-order valence-corrected chi connectivity index (χ4v) is 14.3. The van der Waals surface area contributed by atoms with E-state index in [-0.39, 0.29) is 10.6 Å². The number of aliphatic imine (C=N–C) groups is 1. The smallest absolute Gasteiger partial charge is 0.390 e. The molecule has 3 aliphatic heterocycles. The fraction of sp³-hybridized carbons (Fsp3) is 0.769. The minimum Gasteiger partial charge on any atom is -0.390 e. The van der Waals surface area contributed by atoms with Crippen LogP contribution >= 0.6 is 11.6 Å². The standard InChI is InChI=1S/C65H111ClF3N11/c1-13-21-60-50(8)73-41-62-48(6)42-80(62)63(46(3)4)51(9)76-64(30-18-19-31-64)45-71-34-33-70-32-29-55(27-25-54-26-28-58(59(66)39-54)65(67,68)69)72-35-37-77(11)43-57(38-53-22-16-15-17-23-53)78(12)44-56-24-20-36-79(56)52(10)49(7)75-61(40-74-60)47(5)14-2/h26,28-29,32,35,37,39,43-44,46-53,60-63,70-71,73-76H,13-25,27,30-31,33-34,36,38,40-42,45H2,1-12H3/t47-,48+,49?,50?,51?,52-,60-,61+,62?,63-/m0/s1. The number of aryl methyl sites for hydroxylation is 1. The summed E-state index contributed by atoms with van der Waals surface area (Å²) in [5.74, 6) is 2.34. The van der Waals surface area contributed by atoms with E-state index in [1.807, 2.05) is 24.7 Å². The largest absolute Gasteiger partial charge is 0.417 e. The molecule has 1 aromatic carbocycles. The second-order valence-electron chi connectivity index (χ2n) is 25.8. The first-order chi connectivity index (χ1) is 38.2. The highest BCUT2D eigenvalue weighted by Gasteiger charge is 2.45. The average Bonchev–Trinajstić information content (AvgIpc) is 4.16. The van der Waals surface area contributed by atoms with E-state index in [9.17, 15) is 13.2 Å². The second-order valence-corrected chi connectivity index (χ2v) is 26.2. The molecule has 2 saturated heterocycles. The summed E-state index contributed by atoms with van der Waals surface area (Å²) in [5.41, 5.74) is 3.49. The Balaban J connectivity index is 1.27. The van der Waals surface area contributed by atoms with Gasteiger partial charge in [-0.1, -0.05) is 117 Å². The van der Waals surface area contributed by atoms with Gasteiger partial charge in [0, 0.05) is 156 Å². The van der Waals surface area contributed by atoms with Gasteiger partial charge in [-0.05, 0) is 133 Å². The molecule has 1 aromatic rings. The molecule has 2 aliphatic carbocycles. The molecule has 454 valence electrons. The van der Waals surface area contributed by atoms with Crippen LogP contribution in [-0.2, 0) is 12.6 Å². The predicted molar refractivity (Wildman–Crippen MR) is 332 cm³/mol. The maximum atomic E-state index is 13.6. The topological polar surface area (TPSA) is 97.5 Å². The summed E-state index contributed by atoms with van der Waals surface area (Å²) in [7, 11) is 4.31. The number of halogens is 4. The highest BCUT2D eigenvalue weighted by atomic mass is 35.5. The van der Waals surface area contributed by atoms with Crippen LogP contribution in [0.4, 0.5) is 13.2 Å². The van der Waals surface area contributed by atoms with E-state index >= 15 is 0 Å². The molecule has 2 saturated carbocycles. The molecule has 4 fully saturated rings. The Morgan fingerprint density at radius 2 is 1.61 bits per heavy atom. The number of nitrogens with one attached hydrogen (secondary N) is 6. The molecule has 15 heteroatoms. The van der Waals surface area contributed by atoms with E-state index in [4.69, 9.17) is 16.6 Å². The lowest BCUT2D eigenvalue weighted by Gasteiger charge is -2.55. The van der Waals surface area contributed by atoms with Gasteiger partial charge in [0.15, 0.2) is 0 Å². The molecule has 11 nitrogen and oxygen atoms in total. The maximum absolute atomic E-state index is 13.6. The van der Waals surface area contributed by atoms with E-state index in [0.29, 0.717) is 84.8 Å². The monoisotopic (exact) mass is 1140 g/mol. The molecule has 0 aromatic heterocycles. The van der Waals surface area contributed by atoms with Crippen molar-refractivity contribution >= 4 is 17.3 Å². The average molecular weight is 1140 g/mol. The van der Waals surface area contributed by atoms with Gasteiger partial charge in [0.25, 0.3) is 0 Å². The number of alkyl halides is 3. The number of nitrogens with zero attached hydrogens (tertiary/aromatic N) is 5. The van der Waals surface area contributed by atoms with Gasteiger partial charge in [-0.2, -0.15) is 13.2 Å². The lowest BCUT2D eigenvalue weighted by atomic mass is 9.82. The summed E-state index contributed by atoms with van der Waals surface area (Å²) in [6, 6.07) is 7.04. The van der Waals surface area contributed by atoms with Crippen LogP contribution < -0.4 is 31.9 Å². The molecule has 80 heavy (non-hydrogen) atoms. The third-order valence-corrected chi connectivity index (χ3v) is 19.5. The molecule has 10 atom stereocenters. The Hall–Kier alpha value is -3.11. The van der Waals surface area contributed by atoms with Crippen LogP contribution in [0.15, 0.2) is 71.7 Å². The fourth-order valence-electron chi connectivity index (χ4n) is 14.0. The number of hydrogen-bond acceptors (Lipinski definition) is 11. The van der Waals surface area contributed by atoms with Crippen LogP contribution in [0, 0.1) is 23.7 Å². The zero-order chi connectivity index (χ0) is 58.0. The van der Waals surface area contributed by atoms with Crippen LogP contribution in [0.2, 0.25) is 5.02 Å². The summed E-state index contributed by atoms with van der Waals surface area (Å²) in [6.07, 6.45) is 27.0. The lowest BCUT2D eigenvalue weighted by Crippen LogP contribution is -2.69. The van der Waals surface area contributed by atoms with Crippen molar-refractivity contribution in [3.05, 3.63) is 82.8 Å². The molecular weight excluding hydrogens is 1030 g/mol. The lowest BCUT2D eigenvalue weighted by molar-refractivity contribution is -0.137. The van der Waals surface area contributed by atoms with Gasteiger partial charge in [-0.3, -0.25) is 9.89 Å². The zero-order valence-corrected chi connectivity index (χ0v) is 52.6. The van der Waals surface area contributed by atoms with Gasteiger partial charge in [-0.25, -0.2) is 0 Å². The van der Waals surface area contributed by atoms with E-state index in [0.717, 1.165) is 102 Å². The van der Waals surface area contributed by atoms with E-state index in [2.05, 4.69) is 147 Å². The number of hydrogen-bond donors (Lipinski definition) is 6. The molecule has 6 rings (SSSR count). The first kappa shape index (κ1) is 66.0. The summed E-state index contributed by atoms with van der Waals surface area (Å²) < 4.78 is 40.8. The van der Waals surface area contributed by atoms with E-state index in [1.165, 1.54) is 81.3 Å². The quantitative estimate of drug-likeness (QED) is 0.136. The minimum absolute atomic E-state index is 0.0601. The molecule has 0 amide bonds. The van der Waals surface area contributed by atoms with Crippen LogP contribution in [-0.4, -0.2) is 139 Å². The van der Waals surface area contributed by atoms with Crippen LogP contribution in [0.1, 0.15) is 183 Å². The SMILES string of the molecule is CCC[C@@H]1NC[C@H]([C@@H](C)CC)NC(C)[C@H](C)N2CCCC2=CN(C)C(CC2CCCCC2)=CN(C)C=CN=C(CCc2ccc(C(F)(F)F)c(Cl)c2)C=CNCCNCC2(CCCC2)NC(C)[C@H](C(C)C)N2C[C@@H](C)C2CNC1C. The van der Waals surface area contributed by atoms with Crippen LogP contribution in [0.5, 0.6) is 0 Å². The zero-order valence-electron chi connectivity index (χ0n) is 51.8. The summed E-state index contributed by atoms with van der Waals surface area (Å²) in [5, 5.41) is 23.8. The molecule has 1 spiro atoms. The van der Waals surface area contributed by atoms with Gasteiger partial charge in [-0.15, -0.1) is 0 Å². The van der Waals surface area contributed by atoms with Crippen molar-refractivity contribution in [3.63, 3.8) is 0 Å². The minimum atomic E-state index is -4.50. The van der Waals surface area contributed by atoms with Crippen molar-refractivity contribution in [2.24, 2.45) is 28.7 Å². The molecule has 4 unspecified atom stereocenters. The van der Waals surface area contributed by atoms with E-state index in [1.54, 1.807) is 0 Å². The normalized spacial score (nSPS) is 30.0. The van der Waals surface area contributed by atoms with Crippen LogP contribution in [0.3, 0.4) is 0 Å². The van der Waals surface area contributed by atoms with Crippen LogP contribution in [0.25, 0.3) is 0 Å². The van der Waals surface area contributed by atoms with Crippen molar-refractivity contribution in [1.29, 1.82) is 0 Å². The van der Waals surface area contributed by atoms with Crippen molar-refractivity contribution in [2.75, 3.05) is 59.9 Å². The molecule has 5 aliphatic rings. The Kier molecular flexibility index (Phi) is 26.6. The third kappa shape index (κ3) is 19.5. The highest BCUT2D eigenvalue weighted by Crippen LogP contribution is 2.37. The van der Waals surface area contributed by atoms with Gasteiger partial charge in [0.1, 0.15) is 0 Å². The first-order valence-electron chi connectivity index (χ1n) is 31.8. The predicted octanol–water partition coefficient (Wildman–Crippen LogP) is 12.7. The number of benzene rings is 1. The first-order valence-corrected chi connectivity index (χ1v) is 32.2. The maximum Gasteiger partial charge on any atom is 0.417 e.